The van der Waals surface area contributed by atoms with Crippen LogP contribution in [0.3, 0.4) is 0 Å². The Morgan fingerprint density at radius 2 is 1.85 bits per heavy atom. The number of hydrogen-bond donors (Lipinski definition) is 2. The van der Waals surface area contributed by atoms with Crippen LogP contribution in [-0.4, -0.2) is 12.6 Å². The summed E-state index contributed by atoms with van der Waals surface area (Å²) in [7, 11) is 0. The van der Waals surface area contributed by atoms with E-state index in [2.05, 4.69) is 27.4 Å². The molecule has 0 saturated heterocycles. The second kappa shape index (κ2) is 7.64. The Hall–Kier alpha value is -1.07. The number of nitrogens with two attached hydrogens (primary N) is 1. The second-order valence-corrected chi connectivity index (χ2v) is 5.71. The Balaban J connectivity index is 1.92. The maximum absolute atomic E-state index is 5.83. The monoisotopic (exact) mass is 354 g/mol. The zero-order chi connectivity index (χ0) is 14.4. The molecule has 3 N–H and O–H groups in total. The van der Waals surface area contributed by atoms with Gasteiger partial charge in [-0.05, 0) is 42.3 Å². The molecule has 20 heavy (non-hydrogen) atoms. The molecule has 2 rings (SSSR count). The van der Waals surface area contributed by atoms with Crippen molar-refractivity contribution in [2.45, 2.75) is 12.5 Å². The van der Waals surface area contributed by atoms with Gasteiger partial charge in [0.05, 0.1) is 6.04 Å². The fraction of sp³-hybridized carbons (Fsp3) is 0.200. The van der Waals surface area contributed by atoms with E-state index in [9.17, 15) is 0 Å². The lowest BCUT2D eigenvalue weighted by molar-refractivity contribution is 0.264. The van der Waals surface area contributed by atoms with Gasteiger partial charge in [0.15, 0.2) is 0 Å². The zero-order valence-corrected chi connectivity index (χ0v) is 13.2. The summed E-state index contributed by atoms with van der Waals surface area (Å²) >= 11 is 9.37. The molecule has 5 heteroatoms. The van der Waals surface area contributed by atoms with Gasteiger partial charge < -0.3 is 4.74 Å². The van der Waals surface area contributed by atoms with Crippen molar-refractivity contribution in [2.75, 3.05) is 6.61 Å². The van der Waals surface area contributed by atoms with E-state index in [1.165, 1.54) is 5.56 Å². The molecule has 3 nitrogen and oxygen atoms in total. The number of rotatable bonds is 6. The minimum atomic E-state index is 0.0318. The van der Waals surface area contributed by atoms with Crippen LogP contribution < -0.4 is 16.0 Å². The van der Waals surface area contributed by atoms with Crippen molar-refractivity contribution in [1.82, 2.24) is 5.43 Å². The van der Waals surface area contributed by atoms with Gasteiger partial charge in [0.1, 0.15) is 12.4 Å². The first-order valence-electron chi connectivity index (χ1n) is 6.27. The van der Waals surface area contributed by atoms with E-state index in [0.29, 0.717) is 11.6 Å². The van der Waals surface area contributed by atoms with Crippen LogP contribution in [0.2, 0.25) is 5.02 Å². The molecule has 2 aromatic rings. The summed E-state index contributed by atoms with van der Waals surface area (Å²) in [5.41, 5.74) is 3.98. The summed E-state index contributed by atoms with van der Waals surface area (Å²) in [6.07, 6.45) is 0.783. The molecule has 1 atom stereocenters. The van der Waals surface area contributed by atoms with E-state index in [1.54, 1.807) is 12.1 Å². The molecule has 0 aromatic heterocycles. The molecule has 0 aliphatic carbocycles. The maximum atomic E-state index is 5.83. The molecule has 0 amide bonds. The SMILES string of the molecule is NNC(COc1ccc(Cl)cc1)Cc1ccccc1Br. The summed E-state index contributed by atoms with van der Waals surface area (Å²) in [5, 5.41) is 0.694. The minimum absolute atomic E-state index is 0.0318. The van der Waals surface area contributed by atoms with Gasteiger partial charge in [-0.25, -0.2) is 0 Å². The van der Waals surface area contributed by atoms with Gasteiger partial charge >= 0.3 is 0 Å². The molecule has 0 bridgehead atoms. The van der Waals surface area contributed by atoms with E-state index in [1.807, 2.05) is 30.3 Å². The third kappa shape index (κ3) is 4.49. The first kappa shape index (κ1) is 15.3. The number of halogens is 2. The molecule has 0 heterocycles. The van der Waals surface area contributed by atoms with Gasteiger partial charge in [0.25, 0.3) is 0 Å². The van der Waals surface area contributed by atoms with Crippen molar-refractivity contribution in [3.8, 4) is 5.75 Å². The fourth-order valence-electron chi connectivity index (χ4n) is 1.82. The molecule has 0 aliphatic heterocycles. The Morgan fingerprint density at radius 1 is 1.15 bits per heavy atom. The quantitative estimate of drug-likeness (QED) is 0.615. The third-order valence-corrected chi connectivity index (χ3v) is 3.95. The Kier molecular flexibility index (Phi) is 5.86. The van der Waals surface area contributed by atoms with Crippen molar-refractivity contribution in [3.63, 3.8) is 0 Å². The highest BCUT2D eigenvalue weighted by Gasteiger charge is 2.10. The summed E-state index contributed by atoms with van der Waals surface area (Å²) in [4.78, 5) is 0. The molecule has 106 valence electrons. The van der Waals surface area contributed by atoms with Gasteiger partial charge in [0, 0.05) is 9.50 Å². The molecule has 0 radical (unpaired) electrons. The lowest BCUT2D eigenvalue weighted by Gasteiger charge is -2.17. The average molecular weight is 356 g/mol. The average Bonchev–Trinajstić information content (AvgIpc) is 2.47. The summed E-state index contributed by atoms with van der Waals surface area (Å²) in [6, 6.07) is 15.4. The van der Waals surface area contributed by atoms with Crippen LogP contribution in [0.25, 0.3) is 0 Å². The molecule has 0 saturated carbocycles. The van der Waals surface area contributed by atoms with E-state index in [0.717, 1.165) is 16.6 Å². The molecule has 0 spiro atoms. The minimum Gasteiger partial charge on any atom is -0.492 e. The molecule has 0 fully saturated rings. The van der Waals surface area contributed by atoms with Crippen LogP contribution in [0, 0.1) is 0 Å². The molecular weight excluding hydrogens is 340 g/mol. The van der Waals surface area contributed by atoms with Crippen LogP contribution in [0.4, 0.5) is 0 Å². The van der Waals surface area contributed by atoms with Crippen LogP contribution >= 0.6 is 27.5 Å². The van der Waals surface area contributed by atoms with Crippen LogP contribution in [0.5, 0.6) is 5.75 Å². The summed E-state index contributed by atoms with van der Waals surface area (Å²) in [6.45, 7) is 0.486. The number of benzene rings is 2. The van der Waals surface area contributed by atoms with Gasteiger partial charge in [-0.1, -0.05) is 45.7 Å². The maximum Gasteiger partial charge on any atom is 0.119 e. The van der Waals surface area contributed by atoms with Crippen molar-refractivity contribution in [3.05, 3.63) is 63.6 Å². The highest BCUT2D eigenvalue weighted by molar-refractivity contribution is 9.10. The van der Waals surface area contributed by atoms with Crippen molar-refractivity contribution in [1.29, 1.82) is 0 Å². The Bertz CT molecular complexity index is 548. The highest BCUT2D eigenvalue weighted by Crippen LogP contribution is 2.19. The topological polar surface area (TPSA) is 47.3 Å². The fourth-order valence-corrected chi connectivity index (χ4v) is 2.40. The van der Waals surface area contributed by atoms with E-state index < -0.39 is 0 Å². The van der Waals surface area contributed by atoms with Gasteiger partial charge in [-0.3, -0.25) is 11.3 Å². The number of hydrazine groups is 1. The Morgan fingerprint density at radius 3 is 2.50 bits per heavy atom. The van der Waals surface area contributed by atoms with Gasteiger partial charge in [-0.2, -0.15) is 0 Å². The lowest BCUT2D eigenvalue weighted by atomic mass is 10.1. The highest BCUT2D eigenvalue weighted by atomic mass is 79.9. The van der Waals surface area contributed by atoms with Crippen LogP contribution in [0.15, 0.2) is 53.0 Å². The van der Waals surface area contributed by atoms with E-state index >= 15 is 0 Å². The summed E-state index contributed by atoms with van der Waals surface area (Å²) < 4.78 is 6.79. The normalized spacial score (nSPS) is 12.2. The largest absolute Gasteiger partial charge is 0.492 e. The van der Waals surface area contributed by atoms with Crippen molar-refractivity contribution < 1.29 is 4.74 Å². The van der Waals surface area contributed by atoms with Crippen LogP contribution in [0.1, 0.15) is 5.56 Å². The first-order chi connectivity index (χ1) is 9.69. The number of nitrogens with one attached hydrogen (secondary N) is 1. The van der Waals surface area contributed by atoms with Crippen LogP contribution in [-0.2, 0) is 6.42 Å². The predicted octanol–water partition coefficient (Wildman–Crippen LogP) is 3.56. The molecular formula is C15H16BrClN2O. The Labute approximate surface area is 132 Å². The van der Waals surface area contributed by atoms with E-state index in [-0.39, 0.29) is 6.04 Å². The first-order valence-corrected chi connectivity index (χ1v) is 7.44. The second-order valence-electron chi connectivity index (χ2n) is 4.42. The molecule has 2 aromatic carbocycles. The lowest BCUT2D eigenvalue weighted by Crippen LogP contribution is -2.41. The predicted molar refractivity (Wildman–Crippen MR) is 85.9 cm³/mol. The number of hydrogen-bond acceptors (Lipinski definition) is 3. The van der Waals surface area contributed by atoms with Crippen molar-refractivity contribution >= 4 is 27.5 Å². The zero-order valence-electron chi connectivity index (χ0n) is 10.9. The summed E-state index contributed by atoms with van der Waals surface area (Å²) in [5.74, 6) is 6.37. The third-order valence-electron chi connectivity index (χ3n) is 2.92. The van der Waals surface area contributed by atoms with E-state index in [4.69, 9.17) is 22.2 Å². The van der Waals surface area contributed by atoms with Gasteiger partial charge in [0.2, 0.25) is 0 Å². The standard InChI is InChI=1S/C15H16BrClN2O/c16-15-4-2-1-3-11(15)9-13(19-18)10-20-14-7-5-12(17)6-8-14/h1-8,13,19H,9-10,18H2. The van der Waals surface area contributed by atoms with Gasteiger partial charge in [-0.15, -0.1) is 0 Å². The molecule has 0 aliphatic rings. The smallest absolute Gasteiger partial charge is 0.119 e. The molecule has 1 unspecified atom stereocenters. The van der Waals surface area contributed by atoms with Crippen molar-refractivity contribution in [2.24, 2.45) is 5.84 Å². The number of ether oxygens (including phenoxy) is 1.